The standard InChI is InChI=1S/C10H10N2O/c1-7-8(6-13)5-12-9-3-2-4-11-10(7)9/h2-5,13H,6H2,1H3. The molecule has 2 aromatic heterocycles. The fourth-order valence-corrected chi connectivity index (χ4v) is 1.35. The number of fused-ring (bicyclic) bond motifs is 1. The van der Waals surface area contributed by atoms with Crippen molar-refractivity contribution in [2.45, 2.75) is 13.5 Å². The molecule has 66 valence electrons. The van der Waals surface area contributed by atoms with Crippen molar-refractivity contribution < 1.29 is 5.11 Å². The van der Waals surface area contributed by atoms with Gasteiger partial charge in [-0.05, 0) is 24.6 Å². The molecule has 0 amide bonds. The summed E-state index contributed by atoms with van der Waals surface area (Å²) in [6.07, 6.45) is 3.43. The van der Waals surface area contributed by atoms with E-state index >= 15 is 0 Å². The highest BCUT2D eigenvalue weighted by Gasteiger charge is 2.03. The molecule has 0 aliphatic carbocycles. The molecule has 3 nitrogen and oxygen atoms in total. The van der Waals surface area contributed by atoms with Crippen molar-refractivity contribution >= 4 is 11.0 Å². The predicted molar refractivity (Wildman–Crippen MR) is 50.2 cm³/mol. The minimum atomic E-state index is 0.0192. The average Bonchev–Trinajstić information content (AvgIpc) is 2.19. The van der Waals surface area contributed by atoms with Gasteiger partial charge in [-0.3, -0.25) is 9.97 Å². The van der Waals surface area contributed by atoms with E-state index in [1.54, 1.807) is 12.4 Å². The first-order valence-corrected chi connectivity index (χ1v) is 4.13. The second kappa shape index (κ2) is 3.11. The van der Waals surface area contributed by atoms with E-state index in [1.807, 2.05) is 19.1 Å². The zero-order valence-corrected chi connectivity index (χ0v) is 7.36. The Hall–Kier alpha value is -1.48. The van der Waals surface area contributed by atoms with Gasteiger partial charge in [-0.15, -0.1) is 0 Å². The van der Waals surface area contributed by atoms with Gasteiger partial charge in [-0.25, -0.2) is 0 Å². The molecule has 0 bridgehead atoms. The second-order valence-electron chi connectivity index (χ2n) is 2.94. The molecule has 0 spiro atoms. The number of rotatable bonds is 1. The summed E-state index contributed by atoms with van der Waals surface area (Å²) in [4.78, 5) is 8.41. The molecule has 0 fully saturated rings. The van der Waals surface area contributed by atoms with Gasteiger partial charge in [-0.2, -0.15) is 0 Å². The first kappa shape index (κ1) is 8.13. The molecule has 0 aromatic carbocycles. The Labute approximate surface area is 76.1 Å². The Balaban J connectivity index is 2.79. The molecule has 2 rings (SSSR count). The third-order valence-electron chi connectivity index (χ3n) is 2.15. The van der Waals surface area contributed by atoms with Crippen molar-refractivity contribution in [1.82, 2.24) is 9.97 Å². The van der Waals surface area contributed by atoms with Crippen molar-refractivity contribution in [2.75, 3.05) is 0 Å². The molecular formula is C10H10N2O. The molecule has 0 saturated carbocycles. The quantitative estimate of drug-likeness (QED) is 0.711. The minimum Gasteiger partial charge on any atom is -0.392 e. The van der Waals surface area contributed by atoms with Crippen LogP contribution in [-0.2, 0) is 6.61 Å². The van der Waals surface area contributed by atoms with Crippen molar-refractivity contribution in [2.24, 2.45) is 0 Å². The summed E-state index contributed by atoms with van der Waals surface area (Å²) >= 11 is 0. The van der Waals surface area contributed by atoms with Gasteiger partial charge < -0.3 is 5.11 Å². The van der Waals surface area contributed by atoms with E-state index in [1.165, 1.54) is 0 Å². The number of aryl methyl sites for hydroxylation is 1. The fourth-order valence-electron chi connectivity index (χ4n) is 1.35. The van der Waals surface area contributed by atoms with Crippen LogP contribution in [0.15, 0.2) is 24.5 Å². The predicted octanol–water partition coefficient (Wildman–Crippen LogP) is 1.43. The van der Waals surface area contributed by atoms with Crippen molar-refractivity contribution in [3.8, 4) is 0 Å². The monoisotopic (exact) mass is 174 g/mol. The maximum atomic E-state index is 9.01. The van der Waals surface area contributed by atoms with Crippen LogP contribution in [-0.4, -0.2) is 15.1 Å². The van der Waals surface area contributed by atoms with E-state index < -0.39 is 0 Å². The molecule has 0 saturated heterocycles. The summed E-state index contributed by atoms with van der Waals surface area (Å²) in [6.45, 7) is 1.97. The number of nitrogens with zero attached hydrogens (tertiary/aromatic N) is 2. The molecular weight excluding hydrogens is 164 g/mol. The molecule has 0 aliphatic rings. The van der Waals surface area contributed by atoms with Crippen LogP contribution >= 0.6 is 0 Å². The van der Waals surface area contributed by atoms with Gasteiger partial charge in [0.1, 0.15) is 0 Å². The zero-order chi connectivity index (χ0) is 9.26. The summed E-state index contributed by atoms with van der Waals surface area (Å²) < 4.78 is 0. The second-order valence-corrected chi connectivity index (χ2v) is 2.94. The topological polar surface area (TPSA) is 46.0 Å². The van der Waals surface area contributed by atoms with Crippen LogP contribution < -0.4 is 0 Å². The molecule has 0 atom stereocenters. The van der Waals surface area contributed by atoms with Gasteiger partial charge in [-0.1, -0.05) is 0 Å². The lowest BCUT2D eigenvalue weighted by atomic mass is 10.1. The Morgan fingerprint density at radius 2 is 2.23 bits per heavy atom. The highest BCUT2D eigenvalue weighted by Crippen LogP contribution is 2.16. The van der Waals surface area contributed by atoms with Crippen LogP contribution in [0.1, 0.15) is 11.1 Å². The van der Waals surface area contributed by atoms with E-state index in [2.05, 4.69) is 9.97 Å². The number of hydrogen-bond acceptors (Lipinski definition) is 3. The molecule has 1 N–H and O–H groups in total. The fraction of sp³-hybridized carbons (Fsp3) is 0.200. The van der Waals surface area contributed by atoms with Crippen LogP contribution in [0.25, 0.3) is 11.0 Å². The highest BCUT2D eigenvalue weighted by molar-refractivity contribution is 5.78. The van der Waals surface area contributed by atoms with Crippen LogP contribution in [0.2, 0.25) is 0 Å². The van der Waals surface area contributed by atoms with E-state index in [-0.39, 0.29) is 6.61 Å². The van der Waals surface area contributed by atoms with Crippen LogP contribution in [0, 0.1) is 6.92 Å². The van der Waals surface area contributed by atoms with E-state index in [0.717, 1.165) is 22.2 Å². The van der Waals surface area contributed by atoms with Gasteiger partial charge in [0, 0.05) is 18.0 Å². The van der Waals surface area contributed by atoms with Gasteiger partial charge in [0.05, 0.1) is 17.6 Å². The number of hydrogen-bond donors (Lipinski definition) is 1. The summed E-state index contributed by atoms with van der Waals surface area (Å²) in [6, 6.07) is 3.77. The third-order valence-corrected chi connectivity index (χ3v) is 2.15. The third kappa shape index (κ3) is 1.27. The number of aromatic nitrogens is 2. The SMILES string of the molecule is Cc1c(CO)cnc2cccnc12. The van der Waals surface area contributed by atoms with E-state index in [4.69, 9.17) is 5.11 Å². The number of pyridine rings is 2. The zero-order valence-electron chi connectivity index (χ0n) is 7.36. The van der Waals surface area contributed by atoms with Crippen molar-refractivity contribution in [1.29, 1.82) is 0 Å². The average molecular weight is 174 g/mol. The van der Waals surface area contributed by atoms with Crippen molar-refractivity contribution in [3.63, 3.8) is 0 Å². The smallest absolute Gasteiger partial charge is 0.0919 e. The Kier molecular flexibility index (Phi) is 1.94. The summed E-state index contributed by atoms with van der Waals surface area (Å²) in [7, 11) is 0. The lowest BCUT2D eigenvalue weighted by molar-refractivity contribution is 0.281. The van der Waals surface area contributed by atoms with Gasteiger partial charge >= 0.3 is 0 Å². The molecule has 0 unspecified atom stereocenters. The molecule has 0 radical (unpaired) electrons. The molecule has 0 aliphatic heterocycles. The largest absolute Gasteiger partial charge is 0.392 e. The van der Waals surface area contributed by atoms with Crippen LogP contribution in [0.5, 0.6) is 0 Å². The number of aliphatic hydroxyl groups is 1. The van der Waals surface area contributed by atoms with Gasteiger partial charge in [0.25, 0.3) is 0 Å². The Morgan fingerprint density at radius 1 is 1.38 bits per heavy atom. The lowest BCUT2D eigenvalue weighted by Crippen LogP contribution is -1.93. The van der Waals surface area contributed by atoms with E-state index in [9.17, 15) is 0 Å². The molecule has 3 heteroatoms. The van der Waals surface area contributed by atoms with Crippen LogP contribution in [0.4, 0.5) is 0 Å². The summed E-state index contributed by atoms with van der Waals surface area (Å²) in [5.41, 5.74) is 3.59. The first-order chi connectivity index (χ1) is 6.33. The Bertz CT molecular complexity index is 440. The van der Waals surface area contributed by atoms with Crippen LogP contribution in [0.3, 0.4) is 0 Å². The van der Waals surface area contributed by atoms with Gasteiger partial charge in [0.2, 0.25) is 0 Å². The number of aliphatic hydroxyl groups excluding tert-OH is 1. The minimum absolute atomic E-state index is 0.0192. The normalized spacial score (nSPS) is 10.6. The van der Waals surface area contributed by atoms with E-state index in [0.29, 0.717) is 0 Å². The van der Waals surface area contributed by atoms with Gasteiger partial charge in [0.15, 0.2) is 0 Å². The lowest BCUT2D eigenvalue weighted by Gasteiger charge is -2.04. The first-order valence-electron chi connectivity index (χ1n) is 4.13. The maximum absolute atomic E-state index is 9.01. The van der Waals surface area contributed by atoms with Crippen molar-refractivity contribution in [3.05, 3.63) is 35.7 Å². The highest BCUT2D eigenvalue weighted by atomic mass is 16.3. The maximum Gasteiger partial charge on any atom is 0.0919 e. The molecule has 2 aromatic rings. The Morgan fingerprint density at radius 3 is 3.00 bits per heavy atom. The summed E-state index contributed by atoms with van der Waals surface area (Å²) in [5, 5.41) is 9.01. The summed E-state index contributed by atoms with van der Waals surface area (Å²) in [5.74, 6) is 0. The molecule has 2 heterocycles. The molecule has 13 heavy (non-hydrogen) atoms.